The maximum atomic E-state index is 10.3. The molecule has 0 aromatic carbocycles. The zero-order valence-electron chi connectivity index (χ0n) is 12.6. The summed E-state index contributed by atoms with van der Waals surface area (Å²) in [6, 6.07) is 0. The van der Waals surface area contributed by atoms with E-state index in [1.54, 1.807) is 11.3 Å². The Labute approximate surface area is 120 Å². The van der Waals surface area contributed by atoms with Crippen molar-refractivity contribution in [3.8, 4) is 0 Å². The van der Waals surface area contributed by atoms with Gasteiger partial charge in [0, 0.05) is 13.1 Å². The first-order valence-electron chi connectivity index (χ1n) is 7.39. The Balaban J connectivity index is 2.22. The van der Waals surface area contributed by atoms with E-state index in [1.807, 2.05) is 13.8 Å². The molecule has 2 heterocycles. The van der Waals surface area contributed by atoms with E-state index in [9.17, 15) is 5.11 Å². The molecule has 1 aliphatic heterocycles. The number of anilines is 1. The van der Waals surface area contributed by atoms with E-state index < -0.39 is 5.60 Å². The van der Waals surface area contributed by atoms with E-state index in [1.165, 1.54) is 12.8 Å². The van der Waals surface area contributed by atoms with Gasteiger partial charge in [0.15, 0.2) is 5.13 Å². The van der Waals surface area contributed by atoms with Crippen LogP contribution in [0.2, 0.25) is 0 Å². The van der Waals surface area contributed by atoms with E-state index in [0.29, 0.717) is 0 Å². The van der Waals surface area contributed by atoms with Crippen molar-refractivity contribution in [2.75, 3.05) is 18.0 Å². The predicted octanol–water partition coefficient (Wildman–Crippen LogP) is 3.56. The summed E-state index contributed by atoms with van der Waals surface area (Å²) in [4.78, 5) is 8.23. The topological polar surface area (TPSA) is 36.4 Å². The molecule has 1 aromatic heterocycles. The largest absolute Gasteiger partial charge is 0.385 e. The smallest absolute Gasteiger partial charge is 0.185 e. The van der Waals surface area contributed by atoms with Crippen LogP contribution in [-0.4, -0.2) is 23.2 Å². The summed E-state index contributed by atoms with van der Waals surface area (Å²) < 4.78 is 0. The van der Waals surface area contributed by atoms with E-state index in [-0.39, 0.29) is 0 Å². The highest BCUT2D eigenvalue weighted by Crippen LogP contribution is 2.36. The Morgan fingerprint density at radius 2 is 2.00 bits per heavy atom. The van der Waals surface area contributed by atoms with E-state index >= 15 is 0 Å². The van der Waals surface area contributed by atoms with Crippen LogP contribution in [0.25, 0.3) is 0 Å². The van der Waals surface area contributed by atoms with Gasteiger partial charge in [-0.1, -0.05) is 31.6 Å². The second-order valence-electron chi connectivity index (χ2n) is 6.25. The second kappa shape index (κ2) is 5.80. The third-order valence-corrected chi connectivity index (χ3v) is 5.25. The zero-order chi connectivity index (χ0) is 14.0. The molecule has 1 aromatic rings. The third kappa shape index (κ3) is 3.48. The Bertz CT molecular complexity index is 414. The Kier molecular flexibility index (Phi) is 4.51. The molecule has 2 rings (SSSR count). The van der Waals surface area contributed by atoms with Crippen LogP contribution >= 0.6 is 11.3 Å². The van der Waals surface area contributed by atoms with Crippen molar-refractivity contribution < 1.29 is 5.11 Å². The van der Waals surface area contributed by atoms with Crippen LogP contribution in [0.5, 0.6) is 0 Å². The van der Waals surface area contributed by atoms with Crippen LogP contribution in [-0.2, 0) is 12.0 Å². The number of aryl methyl sites for hydroxylation is 1. The number of thiazole rings is 1. The number of hydrogen-bond donors (Lipinski definition) is 1. The van der Waals surface area contributed by atoms with Gasteiger partial charge < -0.3 is 10.0 Å². The Hall–Kier alpha value is -0.610. The molecule has 0 spiro atoms. The molecule has 1 saturated heterocycles. The van der Waals surface area contributed by atoms with Crippen LogP contribution in [0.4, 0.5) is 5.13 Å². The first kappa shape index (κ1) is 14.8. The number of piperidine rings is 1. The maximum absolute atomic E-state index is 10.3. The van der Waals surface area contributed by atoms with E-state index in [4.69, 9.17) is 4.98 Å². The number of aliphatic hydroxyl groups is 1. The fourth-order valence-electron chi connectivity index (χ4n) is 2.56. The fourth-order valence-corrected chi connectivity index (χ4v) is 3.72. The van der Waals surface area contributed by atoms with E-state index in [2.05, 4.69) is 18.7 Å². The predicted molar refractivity (Wildman–Crippen MR) is 82.0 cm³/mol. The van der Waals surface area contributed by atoms with Crippen LogP contribution in [0.1, 0.15) is 57.5 Å². The average molecular weight is 282 g/mol. The summed E-state index contributed by atoms with van der Waals surface area (Å²) in [5.74, 6) is 0.833. The summed E-state index contributed by atoms with van der Waals surface area (Å²) in [6.45, 7) is 10.4. The highest BCUT2D eigenvalue weighted by molar-refractivity contribution is 7.15. The first-order chi connectivity index (χ1) is 8.91. The van der Waals surface area contributed by atoms with E-state index in [0.717, 1.165) is 47.6 Å². The van der Waals surface area contributed by atoms with Crippen molar-refractivity contribution >= 4 is 16.5 Å². The average Bonchev–Trinajstić information content (AvgIpc) is 2.74. The molecule has 4 heteroatoms. The van der Waals surface area contributed by atoms with Crippen molar-refractivity contribution in [1.29, 1.82) is 0 Å². The lowest BCUT2D eigenvalue weighted by Crippen LogP contribution is -2.32. The SMILES string of the molecule is CCCc1nc(N2CCC(C)CC2)sc1C(C)(C)O. The third-order valence-electron chi connectivity index (χ3n) is 3.78. The minimum absolute atomic E-state index is 0.774. The molecular formula is C15H26N2OS. The molecule has 0 aliphatic carbocycles. The molecule has 19 heavy (non-hydrogen) atoms. The molecule has 1 aliphatic rings. The highest BCUT2D eigenvalue weighted by atomic mass is 32.1. The molecule has 1 fully saturated rings. The monoisotopic (exact) mass is 282 g/mol. The molecule has 108 valence electrons. The van der Waals surface area contributed by atoms with Gasteiger partial charge in [-0.05, 0) is 39.0 Å². The van der Waals surface area contributed by atoms with Crippen molar-refractivity contribution in [2.24, 2.45) is 5.92 Å². The van der Waals surface area contributed by atoms with Gasteiger partial charge in [0.25, 0.3) is 0 Å². The van der Waals surface area contributed by atoms with Gasteiger partial charge in [0.1, 0.15) is 0 Å². The summed E-state index contributed by atoms with van der Waals surface area (Å²) in [6.07, 6.45) is 4.53. The number of rotatable bonds is 4. The van der Waals surface area contributed by atoms with Gasteiger partial charge >= 0.3 is 0 Å². The summed E-state index contributed by atoms with van der Waals surface area (Å²) >= 11 is 1.68. The molecule has 0 unspecified atom stereocenters. The van der Waals surface area contributed by atoms with Crippen LogP contribution < -0.4 is 4.90 Å². The van der Waals surface area contributed by atoms with Crippen molar-refractivity contribution in [3.63, 3.8) is 0 Å². The highest BCUT2D eigenvalue weighted by Gasteiger charge is 2.27. The van der Waals surface area contributed by atoms with Gasteiger partial charge in [0.2, 0.25) is 0 Å². The maximum Gasteiger partial charge on any atom is 0.185 e. The molecule has 0 saturated carbocycles. The molecule has 3 nitrogen and oxygen atoms in total. The minimum Gasteiger partial charge on any atom is -0.385 e. The normalized spacial score (nSPS) is 18.1. The molecule has 0 atom stereocenters. The molecule has 1 N–H and O–H groups in total. The first-order valence-corrected chi connectivity index (χ1v) is 8.21. The standard InChI is InChI=1S/C15H26N2OS/c1-5-6-12-13(15(3,4)18)19-14(16-12)17-9-7-11(2)8-10-17/h11,18H,5-10H2,1-4H3. The van der Waals surface area contributed by atoms with Crippen LogP contribution in [0.15, 0.2) is 0 Å². The second-order valence-corrected chi connectivity index (χ2v) is 7.23. The van der Waals surface area contributed by atoms with Crippen LogP contribution in [0.3, 0.4) is 0 Å². The van der Waals surface area contributed by atoms with Gasteiger partial charge in [0.05, 0.1) is 16.2 Å². The molecular weight excluding hydrogens is 256 g/mol. The Morgan fingerprint density at radius 3 is 2.53 bits per heavy atom. The van der Waals surface area contributed by atoms with Crippen molar-refractivity contribution in [1.82, 2.24) is 4.98 Å². The minimum atomic E-state index is -0.774. The molecule has 0 amide bonds. The lowest BCUT2D eigenvalue weighted by atomic mass is 10.00. The molecule has 0 bridgehead atoms. The number of aromatic nitrogens is 1. The summed E-state index contributed by atoms with van der Waals surface area (Å²) in [7, 11) is 0. The number of hydrogen-bond acceptors (Lipinski definition) is 4. The van der Waals surface area contributed by atoms with Gasteiger partial charge in [-0.15, -0.1) is 0 Å². The lowest BCUT2D eigenvalue weighted by Gasteiger charge is -2.29. The van der Waals surface area contributed by atoms with Gasteiger partial charge in [-0.3, -0.25) is 0 Å². The Morgan fingerprint density at radius 1 is 1.37 bits per heavy atom. The summed E-state index contributed by atoms with van der Waals surface area (Å²) in [5.41, 5.74) is 0.317. The van der Waals surface area contributed by atoms with Gasteiger partial charge in [-0.25, -0.2) is 4.98 Å². The van der Waals surface area contributed by atoms with Crippen molar-refractivity contribution in [2.45, 2.75) is 59.0 Å². The molecule has 0 radical (unpaired) electrons. The van der Waals surface area contributed by atoms with Crippen molar-refractivity contribution in [3.05, 3.63) is 10.6 Å². The fraction of sp³-hybridized carbons (Fsp3) is 0.800. The zero-order valence-corrected chi connectivity index (χ0v) is 13.4. The summed E-state index contributed by atoms with van der Waals surface area (Å²) in [5, 5.41) is 11.4. The van der Waals surface area contributed by atoms with Gasteiger partial charge in [-0.2, -0.15) is 0 Å². The van der Waals surface area contributed by atoms with Crippen LogP contribution in [0, 0.1) is 5.92 Å². The quantitative estimate of drug-likeness (QED) is 0.917. The number of nitrogens with zero attached hydrogens (tertiary/aromatic N) is 2. The lowest BCUT2D eigenvalue weighted by molar-refractivity contribution is 0.0813.